The quantitative estimate of drug-likeness (QED) is 0.619. The maximum atomic E-state index is 2.68. The first-order valence-corrected chi connectivity index (χ1v) is 10.6. The molecule has 0 nitrogen and oxygen atoms in total. The Bertz CT molecular complexity index is 545. The SMILES string of the molecule is Cc1cc2c3c4c1CCC4(C)CC[Si]3(C)CCC2. The number of hydrogen-bond donors (Lipinski definition) is 0. The van der Waals surface area contributed by atoms with Crippen LogP contribution in [-0.4, -0.2) is 8.07 Å². The van der Waals surface area contributed by atoms with Crippen LogP contribution >= 0.6 is 0 Å². The van der Waals surface area contributed by atoms with E-state index in [1.807, 2.05) is 10.8 Å². The minimum Gasteiger partial charge on any atom is -0.0652 e. The van der Waals surface area contributed by atoms with Gasteiger partial charge in [0.15, 0.2) is 0 Å². The molecular weight excluding hydrogens is 232 g/mol. The lowest BCUT2D eigenvalue weighted by Crippen LogP contribution is -2.56. The summed E-state index contributed by atoms with van der Waals surface area (Å²) < 4.78 is 0. The van der Waals surface area contributed by atoms with Crippen molar-refractivity contribution in [1.29, 1.82) is 0 Å². The van der Waals surface area contributed by atoms with E-state index in [0.717, 1.165) is 0 Å². The predicted octanol–water partition coefficient (Wildman–Crippen LogP) is 3.83. The van der Waals surface area contributed by atoms with E-state index in [2.05, 4.69) is 26.5 Å². The monoisotopic (exact) mass is 256 g/mol. The molecule has 2 atom stereocenters. The Morgan fingerprint density at radius 3 is 2.83 bits per heavy atom. The molecule has 18 heavy (non-hydrogen) atoms. The molecule has 0 spiro atoms. The van der Waals surface area contributed by atoms with Crippen LogP contribution in [0, 0.1) is 6.92 Å². The lowest BCUT2D eigenvalue weighted by atomic mass is 9.79. The second-order valence-electron chi connectivity index (χ2n) is 7.56. The first-order valence-electron chi connectivity index (χ1n) is 7.70. The minimum absolute atomic E-state index is 0.551. The normalized spacial score (nSPS) is 36.6. The summed E-state index contributed by atoms with van der Waals surface area (Å²) in [4.78, 5) is 0. The number of aryl methyl sites for hydroxylation is 2. The fourth-order valence-electron chi connectivity index (χ4n) is 5.18. The van der Waals surface area contributed by atoms with Crippen LogP contribution in [0.5, 0.6) is 0 Å². The minimum atomic E-state index is -1.09. The fraction of sp³-hybridized carbons (Fsp3) is 0.647. The highest BCUT2D eigenvalue weighted by Gasteiger charge is 2.49. The van der Waals surface area contributed by atoms with Crippen molar-refractivity contribution in [3.63, 3.8) is 0 Å². The molecule has 2 aliphatic heterocycles. The van der Waals surface area contributed by atoms with Crippen LogP contribution in [0.4, 0.5) is 0 Å². The van der Waals surface area contributed by atoms with Crippen LogP contribution in [0.15, 0.2) is 6.07 Å². The standard InChI is InChI=1S/C17H24Si/c1-12-11-13-5-4-9-18(3)10-8-17(2)7-6-14(12)15(17)16(13)18/h11H,4-10H2,1-3H3. The zero-order valence-corrected chi connectivity index (χ0v) is 13.0. The molecule has 1 heteroatoms. The topological polar surface area (TPSA) is 0 Å². The van der Waals surface area contributed by atoms with E-state index in [1.165, 1.54) is 32.1 Å². The second-order valence-corrected chi connectivity index (χ2v) is 12.2. The third-order valence-corrected chi connectivity index (χ3v) is 10.9. The Kier molecular flexibility index (Phi) is 2.07. The highest BCUT2D eigenvalue weighted by Crippen LogP contribution is 2.50. The average molecular weight is 256 g/mol. The van der Waals surface area contributed by atoms with Crippen molar-refractivity contribution in [3.05, 3.63) is 28.3 Å². The molecule has 0 aromatic heterocycles. The lowest BCUT2D eigenvalue weighted by Gasteiger charge is -2.46. The molecule has 96 valence electrons. The number of rotatable bonds is 0. The molecule has 2 unspecified atom stereocenters. The first-order chi connectivity index (χ1) is 8.54. The van der Waals surface area contributed by atoms with Gasteiger partial charge in [0.05, 0.1) is 8.07 Å². The molecule has 1 aromatic rings. The van der Waals surface area contributed by atoms with Gasteiger partial charge >= 0.3 is 0 Å². The van der Waals surface area contributed by atoms with E-state index in [4.69, 9.17) is 0 Å². The molecule has 0 saturated heterocycles. The second kappa shape index (κ2) is 3.30. The summed E-state index contributed by atoms with van der Waals surface area (Å²) in [5.74, 6) is 0. The van der Waals surface area contributed by atoms with Crippen molar-refractivity contribution >= 4 is 13.3 Å². The third-order valence-electron chi connectivity index (χ3n) is 6.28. The summed E-state index contributed by atoms with van der Waals surface area (Å²) in [6, 6.07) is 5.69. The van der Waals surface area contributed by atoms with Crippen molar-refractivity contribution in [3.8, 4) is 0 Å². The molecule has 0 N–H and O–H groups in total. The van der Waals surface area contributed by atoms with E-state index in [9.17, 15) is 0 Å². The van der Waals surface area contributed by atoms with Gasteiger partial charge in [-0.2, -0.15) is 0 Å². The first kappa shape index (κ1) is 11.3. The van der Waals surface area contributed by atoms with Crippen molar-refractivity contribution < 1.29 is 0 Å². The zero-order valence-electron chi connectivity index (χ0n) is 12.0. The predicted molar refractivity (Wildman–Crippen MR) is 80.7 cm³/mol. The maximum absolute atomic E-state index is 2.68. The molecule has 0 radical (unpaired) electrons. The highest BCUT2D eigenvalue weighted by atomic mass is 28.3. The van der Waals surface area contributed by atoms with E-state index in [0.29, 0.717) is 5.41 Å². The summed E-state index contributed by atoms with van der Waals surface area (Å²) in [6.07, 6.45) is 7.09. The molecule has 0 amide bonds. The van der Waals surface area contributed by atoms with E-state index in [1.54, 1.807) is 28.8 Å². The van der Waals surface area contributed by atoms with Crippen molar-refractivity contribution in [2.45, 2.75) is 70.0 Å². The zero-order chi connectivity index (χ0) is 12.5. The van der Waals surface area contributed by atoms with Gasteiger partial charge in [-0.15, -0.1) is 0 Å². The van der Waals surface area contributed by atoms with Gasteiger partial charge in [0.25, 0.3) is 0 Å². The summed E-state index contributed by atoms with van der Waals surface area (Å²) >= 11 is 0. The smallest absolute Gasteiger partial charge is 0.0652 e. The van der Waals surface area contributed by atoms with Crippen LogP contribution in [0.3, 0.4) is 0 Å². The van der Waals surface area contributed by atoms with Crippen LogP contribution < -0.4 is 5.19 Å². The van der Waals surface area contributed by atoms with Gasteiger partial charge in [0, 0.05) is 0 Å². The van der Waals surface area contributed by atoms with Gasteiger partial charge in [0.1, 0.15) is 0 Å². The molecule has 0 bridgehead atoms. The van der Waals surface area contributed by atoms with Gasteiger partial charge in [0.2, 0.25) is 0 Å². The van der Waals surface area contributed by atoms with Gasteiger partial charge in [-0.1, -0.05) is 43.2 Å². The number of hydrogen-bond acceptors (Lipinski definition) is 0. The van der Waals surface area contributed by atoms with E-state index < -0.39 is 8.07 Å². The van der Waals surface area contributed by atoms with Crippen LogP contribution in [0.1, 0.15) is 48.4 Å². The molecule has 2 heterocycles. The van der Waals surface area contributed by atoms with Gasteiger partial charge < -0.3 is 0 Å². The van der Waals surface area contributed by atoms with Crippen molar-refractivity contribution in [1.82, 2.24) is 0 Å². The van der Waals surface area contributed by atoms with Gasteiger partial charge in [-0.3, -0.25) is 0 Å². The van der Waals surface area contributed by atoms with E-state index in [-0.39, 0.29) is 0 Å². The van der Waals surface area contributed by atoms with Gasteiger partial charge in [-0.25, -0.2) is 0 Å². The largest absolute Gasteiger partial charge is 0.0844 e. The summed E-state index contributed by atoms with van der Waals surface area (Å²) in [7, 11) is -1.09. The lowest BCUT2D eigenvalue weighted by molar-refractivity contribution is 0.445. The highest BCUT2D eigenvalue weighted by molar-refractivity contribution is 6.92. The Balaban J connectivity index is 2.10. The molecule has 4 rings (SSSR count). The van der Waals surface area contributed by atoms with Gasteiger partial charge in [-0.05, 0) is 60.3 Å². The third kappa shape index (κ3) is 1.22. The molecule has 0 saturated carbocycles. The average Bonchev–Trinajstić information content (AvgIpc) is 2.68. The number of benzene rings is 1. The fourth-order valence-corrected chi connectivity index (χ4v) is 10.0. The van der Waals surface area contributed by atoms with Crippen molar-refractivity contribution in [2.75, 3.05) is 0 Å². The van der Waals surface area contributed by atoms with E-state index >= 15 is 0 Å². The molecular formula is C17H24Si. The Morgan fingerprint density at radius 1 is 1.17 bits per heavy atom. The molecule has 3 aliphatic rings. The molecule has 1 aromatic carbocycles. The summed E-state index contributed by atoms with van der Waals surface area (Å²) in [5.41, 5.74) is 7.55. The maximum Gasteiger partial charge on any atom is 0.0844 e. The Hall–Kier alpha value is -0.563. The van der Waals surface area contributed by atoms with Crippen LogP contribution in [0.25, 0.3) is 0 Å². The van der Waals surface area contributed by atoms with Crippen LogP contribution in [-0.2, 0) is 18.3 Å². The Labute approximate surface area is 112 Å². The molecule has 1 aliphatic carbocycles. The Morgan fingerprint density at radius 2 is 2.00 bits per heavy atom. The van der Waals surface area contributed by atoms with Crippen LogP contribution in [0.2, 0.25) is 18.6 Å². The summed E-state index contributed by atoms with van der Waals surface area (Å²) in [5, 5.41) is 1.95. The summed E-state index contributed by atoms with van der Waals surface area (Å²) in [6.45, 7) is 7.60. The molecule has 0 fully saturated rings. The van der Waals surface area contributed by atoms with Crippen molar-refractivity contribution in [2.24, 2.45) is 0 Å².